The molecule has 0 saturated carbocycles. The van der Waals surface area contributed by atoms with Crippen molar-refractivity contribution in [2.45, 2.75) is 38.5 Å². The number of rotatable bonds is 5. The first kappa shape index (κ1) is 16.5. The van der Waals surface area contributed by atoms with E-state index in [0.29, 0.717) is 11.8 Å². The van der Waals surface area contributed by atoms with Crippen molar-refractivity contribution in [1.29, 1.82) is 0 Å². The molecular weight excluding hydrogens is 244 g/mol. The second-order valence-electron chi connectivity index (χ2n) is 5.06. The van der Waals surface area contributed by atoms with Crippen molar-refractivity contribution in [1.82, 2.24) is 0 Å². The van der Waals surface area contributed by atoms with Gasteiger partial charge in [0, 0.05) is 7.11 Å². The average Bonchev–Trinajstić information content (AvgIpc) is 2.56. The van der Waals surface area contributed by atoms with E-state index < -0.39 is 0 Å². The quantitative estimate of drug-likeness (QED) is 0.812. The maximum Gasteiger partial charge on any atom is 0.0319 e. The molecule has 0 radical (unpaired) electrons. The van der Waals surface area contributed by atoms with Crippen molar-refractivity contribution in [2.75, 3.05) is 7.11 Å². The molecule has 0 fully saturated rings. The van der Waals surface area contributed by atoms with Crippen LogP contribution in [0.3, 0.4) is 0 Å². The van der Waals surface area contributed by atoms with Crippen molar-refractivity contribution in [3.05, 3.63) is 71.8 Å². The van der Waals surface area contributed by atoms with Crippen LogP contribution in [-0.2, 0) is 0 Å². The molecule has 2 aromatic carbocycles. The zero-order valence-electron chi connectivity index (χ0n) is 12.8. The van der Waals surface area contributed by atoms with Crippen LogP contribution in [0.5, 0.6) is 0 Å². The molecule has 2 atom stereocenters. The fraction of sp³-hybridized carbons (Fsp3) is 0.368. The van der Waals surface area contributed by atoms with Gasteiger partial charge in [0.1, 0.15) is 0 Å². The van der Waals surface area contributed by atoms with Gasteiger partial charge in [0.25, 0.3) is 0 Å². The summed E-state index contributed by atoms with van der Waals surface area (Å²) in [6.07, 6.45) is 2.44. The van der Waals surface area contributed by atoms with E-state index in [1.165, 1.54) is 24.0 Å². The van der Waals surface area contributed by atoms with E-state index in [-0.39, 0.29) is 0 Å². The summed E-state index contributed by atoms with van der Waals surface area (Å²) >= 11 is 0. The lowest BCUT2D eigenvalue weighted by molar-refractivity contribution is 0.399. The standard InChI is InChI=1S/C18H22.CH4O/c1-3-16(18-12-8-5-9-13-18)14-15(2)17-10-6-4-7-11-17;1-2/h4-13,15-16H,3,14H2,1-2H3;2H,1H3. The molecule has 1 N–H and O–H groups in total. The van der Waals surface area contributed by atoms with Crippen LogP contribution in [0.1, 0.15) is 49.7 Å². The Kier molecular flexibility index (Phi) is 7.67. The van der Waals surface area contributed by atoms with Gasteiger partial charge in [0.15, 0.2) is 0 Å². The molecule has 20 heavy (non-hydrogen) atoms. The SMILES string of the molecule is CCC(CC(C)c1ccccc1)c1ccccc1.CO. The molecule has 0 aromatic heterocycles. The van der Waals surface area contributed by atoms with Crippen LogP contribution < -0.4 is 0 Å². The van der Waals surface area contributed by atoms with Gasteiger partial charge in [-0.2, -0.15) is 0 Å². The first-order valence-corrected chi connectivity index (χ1v) is 7.36. The predicted molar refractivity (Wildman–Crippen MR) is 87.1 cm³/mol. The molecule has 108 valence electrons. The molecule has 0 aliphatic carbocycles. The van der Waals surface area contributed by atoms with Crippen molar-refractivity contribution >= 4 is 0 Å². The van der Waals surface area contributed by atoms with E-state index in [9.17, 15) is 0 Å². The van der Waals surface area contributed by atoms with E-state index in [4.69, 9.17) is 5.11 Å². The number of hydrogen-bond donors (Lipinski definition) is 1. The van der Waals surface area contributed by atoms with Crippen LogP contribution in [-0.4, -0.2) is 12.2 Å². The molecule has 0 amide bonds. The van der Waals surface area contributed by atoms with Gasteiger partial charge in [0.05, 0.1) is 0 Å². The van der Waals surface area contributed by atoms with Gasteiger partial charge in [-0.15, -0.1) is 0 Å². The first-order chi connectivity index (χ1) is 9.81. The lowest BCUT2D eigenvalue weighted by Crippen LogP contribution is -2.03. The van der Waals surface area contributed by atoms with Gasteiger partial charge in [-0.3, -0.25) is 0 Å². The Morgan fingerprint density at radius 2 is 1.25 bits per heavy atom. The minimum Gasteiger partial charge on any atom is -0.400 e. The van der Waals surface area contributed by atoms with Crippen LogP contribution in [0.2, 0.25) is 0 Å². The van der Waals surface area contributed by atoms with E-state index in [0.717, 1.165) is 7.11 Å². The highest BCUT2D eigenvalue weighted by atomic mass is 16.2. The van der Waals surface area contributed by atoms with Crippen molar-refractivity contribution < 1.29 is 5.11 Å². The fourth-order valence-corrected chi connectivity index (χ4v) is 2.61. The monoisotopic (exact) mass is 270 g/mol. The summed E-state index contributed by atoms with van der Waals surface area (Å²) < 4.78 is 0. The number of aliphatic hydroxyl groups is 1. The molecule has 2 rings (SSSR count). The lowest BCUT2D eigenvalue weighted by atomic mass is 9.85. The third-order valence-electron chi connectivity index (χ3n) is 3.77. The summed E-state index contributed by atoms with van der Waals surface area (Å²) in [5.74, 6) is 1.29. The maximum atomic E-state index is 7.00. The van der Waals surface area contributed by atoms with Gasteiger partial charge in [-0.05, 0) is 35.8 Å². The van der Waals surface area contributed by atoms with Crippen molar-refractivity contribution in [3.8, 4) is 0 Å². The largest absolute Gasteiger partial charge is 0.400 e. The molecule has 0 saturated heterocycles. The highest BCUT2D eigenvalue weighted by Gasteiger charge is 2.14. The Labute approximate surface area is 123 Å². The molecule has 0 heterocycles. The minimum atomic E-state index is 0.622. The number of hydrogen-bond acceptors (Lipinski definition) is 1. The summed E-state index contributed by atoms with van der Waals surface area (Å²) in [5.41, 5.74) is 2.93. The third-order valence-corrected chi connectivity index (χ3v) is 3.77. The highest BCUT2D eigenvalue weighted by molar-refractivity contribution is 5.23. The van der Waals surface area contributed by atoms with Gasteiger partial charge in [-0.1, -0.05) is 74.5 Å². The van der Waals surface area contributed by atoms with Crippen LogP contribution >= 0.6 is 0 Å². The second-order valence-corrected chi connectivity index (χ2v) is 5.06. The van der Waals surface area contributed by atoms with E-state index >= 15 is 0 Å². The van der Waals surface area contributed by atoms with Crippen LogP contribution in [0.15, 0.2) is 60.7 Å². The summed E-state index contributed by atoms with van der Waals surface area (Å²) in [6, 6.07) is 21.7. The molecule has 1 heteroatoms. The summed E-state index contributed by atoms with van der Waals surface area (Å²) in [5, 5.41) is 7.00. The first-order valence-electron chi connectivity index (χ1n) is 7.36. The molecule has 0 aliphatic rings. The van der Waals surface area contributed by atoms with Crippen molar-refractivity contribution in [2.24, 2.45) is 0 Å². The molecule has 0 bridgehead atoms. The van der Waals surface area contributed by atoms with Crippen LogP contribution in [0.25, 0.3) is 0 Å². The normalized spacial score (nSPS) is 13.0. The zero-order chi connectivity index (χ0) is 14.8. The molecule has 1 nitrogen and oxygen atoms in total. The lowest BCUT2D eigenvalue weighted by Gasteiger charge is -2.20. The molecule has 2 unspecified atom stereocenters. The van der Waals surface area contributed by atoms with Crippen LogP contribution in [0.4, 0.5) is 0 Å². The second kappa shape index (κ2) is 9.33. The van der Waals surface area contributed by atoms with Gasteiger partial charge in [-0.25, -0.2) is 0 Å². The van der Waals surface area contributed by atoms with Gasteiger partial charge >= 0.3 is 0 Å². The fourth-order valence-electron chi connectivity index (χ4n) is 2.61. The Balaban J connectivity index is 0.000000956. The number of benzene rings is 2. The molecule has 2 aromatic rings. The third kappa shape index (κ3) is 4.82. The average molecular weight is 270 g/mol. The predicted octanol–water partition coefficient (Wildman–Crippen LogP) is 4.98. The number of aliphatic hydroxyl groups excluding tert-OH is 1. The van der Waals surface area contributed by atoms with E-state index in [1.54, 1.807) is 0 Å². The maximum absolute atomic E-state index is 7.00. The van der Waals surface area contributed by atoms with Gasteiger partial charge in [0.2, 0.25) is 0 Å². The molecule has 0 aliphatic heterocycles. The molecular formula is C19H26O. The summed E-state index contributed by atoms with van der Waals surface area (Å²) in [4.78, 5) is 0. The Hall–Kier alpha value is -1.60. The summed E-state index contributed by atoms with van der Waals surface area (Å²) in [7, 11) is 1.00. The Morgan fingerprint density at radius 3 is 1.70 bits per heavy atom. The topological polar surface area (TPSA) is 20.2 Å². The smallest absolute Gasteiger partial charge is 0.0319 e. The summed E-state index contributed by atoms with van der Waals surface area (Å²) in [6.45, 7) is 4.62. The van der Waals surface area contributed by atoms with E-state index in [1.807, 2.05) is 0 Å². The minimum absolute atomic E-state index is 0.622. The zero-order valence-corrected chi connectivity index (χ0v) is 12.8. The Morgan fingerprint density at radius 1 is 0.800 bits per heavy atom. The highest BCUT2D eigenvalue weighted by Crippen LogP contribution is 2.31. The van der Waals surface area contributed by atoms with Crippen LogP contribution in [0, 0.1) is 0 Å². The Bertz CT molecular complexity index is 450. The molecule has 0 spiro atoms. The van der Waals surface area contributed by atoms with Gasteiger partial charge < -0.3 is 5.11 Å². The van der Waals surface area contributed by atoms with E-state index in [2.05, 4.69) is 74.5 Å². The van der Waals surface area contributed by atoms with Crippen molar-refractivity contribution in [3.63, 3.8) is 0 Å².